The molecule has 0 spiro atoms. The zero-order chi connectivity index (χ0) is 16.1. The lowest BCUT2D eigenvalue weighted by molar-refractivity contribution is 0.0516. The summed E-state index contributed by atoms with van der Waals surface area (Å²) in [6.07, 6.45) is 2.56. The van der Waals surface area contributed by atoms with Crippen molar-refractivity contribution >= 4 is 15.9 Å². The van der Waals surface area contributed by atoms with Crippen LogP contribution in [-0.2, 0) is 6.54 Å². The predicted molar refractivity (Wildman–Crippen MR) is 97.5 cm³/mol. The predicted octanol–water partition coefficient (Wildman–Crippen LogP) is 2.02. The topological polar surface area (TPSA) is 30.0 Å². The number of hydrogen-bond acceptors (Lipinski definition) is 4. The quantitative estimate of drug-likeness (QED) is 0.844. The van der Waals surface area contributed by atoms with Crippen molar-refractivity contribution in [2.75, 3.05) is 52.4 Å². The summed E-state index contributed by atoms with van der Waals surface area (Å²) >= 11 is 3.66. The van der Waals surface area contributed by atoms with E-state index in [0.717, 1.165) is 45.3 Å². The number of β-amino-alcohol motifs (C(OH)–C–C–N with tert-alkyl or cyclic N) is 1. The molecular formula is C18H28BrN3O. The van der Waals surface area contributed by atoms with Gasteiger partial charge in [-0.2, -0.15) is 0 Å². The summed E-state index contributed by atoms with van der Waals surface area (Å²) in [6, 6.07) is 9.31. The van der Waals surface area contributed by atoms with Crippen molar-refractivity contribution in [3.63, 3.8) is 0 Å². The summed E-state index contributed by atoms with van der Waals surface area (Å²) in [6.45, 7) is 9.11. The van der Waals surface area contributed by atoms with Gasteiger partial charge in [-0.1, -0.05) is 34.1 Å². The fourth-order valence-corrected chi connectivity index (χ4v) is 4.21. The lowest BCUT2D eigenvalue weighted by Gasteiger charge is -2.42. The number of aliphatic hydroxyl groups excluding tert-OH is 1. The first-order valence-electron chi connectivity index (χ1n) is 8.79. The number of piperidine rings is 1. The third kappa shape index (κ3) is 4.77. The molecule has 2 aliphatic heterocycles. The van der Waals surface area contributed by atoms with Crippen molar-refractivity contribution in [2.45, 2.75) is 25.4 Å². The SMILES string of the molecule is OCCN1CCN(C2CCN(Cc3ccccc3Br)CC2)CC1. The molecule has 23 heavy (non-hydrogen) atoms. The van der Waals surface area contributed by atoms with E-state index in [1.54, 1.807) is 0 Å². The van der Waals surface area contributed by atoms with E-state index in [1.165, 1.54) is 36.0 Å². The van der Waals surface area contributed by atoms with E-state index in [1.807, 2.05) is 0 Å². The van der Waals surface area contributed by atoms with Gasteiger partial charge in [0.15, 0.2) is 0 Å². The van der Waals surface area contributed by atoms with E-state index in [-0.39, 0.29) is 6.61 Å². The van der Waals surface area contributed by atoms with Gasteiger partial charge in [0.2, 0.25) is 0 Å². The number of hydrogen-bond donors (Lipinski definition) is 1. The molecule has 0 radical (unpaired) electrons. The van der Waals surface area contributed by atoms with Crippen LogP contribution in [-0.4, -0.2) is 78.3 Å². The van der Waals surface area contributed by atoms with E-state index in [2.05, 4.69) is 54.9 Å². The molecule has 0 saturated carbocycles. The highest BCUT2D eigenvalue weighted by Crippen LogP contribution is 2.22. The number of aliphatic hydroxyl groups is 1. The lowest BCUT2D eigenvalue weighted by Crippen LogP contribution is -2.53. The number of rotatable bonds is 5. The molecule has 5 heteroatoms. The van der Waals surface area contributed by atoms with Crippen molar-refractivity contribution in [1.29, 1.82) is 0 Å². The first-order chi connectivity index (χ1) is 11.3. The third-order valence-electron chi connectivity index (χ3n) is 5.25. The zero-order valence-corrected chi connectivity index (χ0v) is 15.4. The minimum Gasteiger partial charge on any atom is -0.395 e. The van der Waals surface area contributed by atoms with Gasteiger partial charge in [0.1, 0.15) is 0 Å². The minimum atomic E-state index is 0.285. The Morgan fingerprint density at radius 3 is 2.30 bits per heavy atom. The van der Waals surface area contributed by atoms with E-state index >= 15 is 0 Å². The average molecular weight is 382 g/mol. The number of halogens is 1. The fourth-order valence-electron chi connectivity index (χ4n) is 3.80. The van der Waals surface area contributed by atoms with Crippen LogP contribution in [0.1, 0.15) is 18.4 Å². The largest absolute Gasteiger partial charge is 0.395 e. The van der Waals surface area contributed by atoms with E-state index in [4.69, 9.17) is 5.11 Å². The molecule has 4 nitrogen and oxygen atoms in total. The molecule has 0 unspecified atom stereocenters. The van der Waals surface area contributed by atoms with Crippen LogP contribution in [0, 0.1) is 0 Å². The van der Waals surface area contributed by atoms with Crippen LogP contribution in [0.15, 0.2) is 28.7 Å². The Balaban J connectivity index is 1.43. The van der Waals surface area contributed by atoms with Crippen LogP contribution < -0.4 is 0 Å². The van der Waals surface area contributed by atoms with Gasteiger partial charge in [0, 0.05) is 49.8 Å². The van der Waals surface area contributed by atoms with Crippen molar-refractivity contribution in [2.24, 2.45) is 0 Å². The first-order valence-corrected chi connectivity index (χ1v) is 9.58. The van der Waals surface area contributed by atoms with Crippen LogP contribution in [0.4, 0.5) is 0 Å². The summed E-state index contributed by atoms with van der Waals surface area (Å²) in [4.78, 5) is 7.63. The second-order valence-electron chi connectivity index (χ2n) is 6.70. The summed E-state index contributed by atoms with van der Waals surface area (Å²) in [7, 11) is 0. The molecule has 2 aliphatic rings. The Kier molecular flexibility index (Phi) is 6.48. The molecule has 1 N–H and O–H groups in total. The highest BCUT2D eigenvalue weighted by atomic mass is 79.9. The van der Waals surface area contributed by atoms with Crippen LogP contribution in [0.3, 0.4) is 0 Å². The third-order valence-corrected chi connectivity index (χ3v) is 6.02. The van der Waals surface area contributed by atoms with Gasteiger partial charge in [0.05, 0.1) is 6.61 Å². The van der Waals surface area contributed by atoms with E-state index in [0.29, 0.717) is 0 Å². The Morgan fingerprint density at radius 1 is 0.957 bits per heavy atom. The van der Waals surface area contributed by atoms with Crippen LogP contribution in [0.2, 0.25) is 0 Å². The molecule has 1 aromatic carbocycles. The number of likely N-dealkylation sites (tertiary alicyclic amines) is 1. The molecular weight excluding hydrogens is 354 g/mol. The standard InChI is InChI=1S/C18H28BrN3O/c19-18-4-2-1-3-16(18)15-21-7-5-17(6-8-21)22-11-9-20(10-12-22)13-14-23/h1-4,17,23H,5-15H2. The monoisotopic (exact) mass is 381 g/mol. The summed E-state index contributed by atoms with van der Waals surface area (Å²) in [5.41, 5.74) is 1.39. The number of nitrogens with zero attached hydrogens (tertiary/aromatic N) is 3. The molecule has 1 aromatic rings. The van der Waals surface area contributed by atoms with Crippen LogP contribution >= 0.6 is 15.9 Å². The van der Waals surface area contributed by atoms with Crippen molar-refractivity contribution in [1.82, 2.24) is 14.7 Å². The molecule has 0 bridgehead atoms. The molecule has 2 heterocycles. The molecule has 0 amide bonds. The molecule has 0 aliphatic carbocycles. The summed E-state index contributed by atoms with van der Waals surface area (Å²) in [5.74, 6) is 0. The fraction of sp³-hybridized carbons (Fsp3) is 0.667. The van der Waals surface area contributed by atoms with Gasteiger partial charge in [0.25, 0.3) is 0 Å². The average Bonchev–Trinajstić information content (AvgIpc) is 2.59. The number of benzene rings is 1. The normalized spacial score (nSPS) is 22.5. The Hall–Kier alpha value is -0.460. The van der Waals surface area contributed by atoms with Gasteiger partial charge in [-0.3, -0.25) is 14.7 Å². The smallest absolute Gasteiger partial charge is 0.0558 e. The van der Waals surface area contributed by atoms with Gasteiger partial charge >= 0.3 is 0 Å². The van der Waals surface area contributed by atoms with E-state index in [9.17, 15) is 0 Å². The maximum Gasteiger partial charge on any atom is 0.0558 e. The molecule has 128 valence electrons. The second-order valence-corrected chi connectivity index (χ2v) is 7.55. The number of piperazine rings is 1. The molecule has 2 fully saturated rings. The van der Waals surface area contributed by atoms with Crippen LogP contribution in [0.5, 0.6) is 0 Å². The first kappa shape index (κ1) is 17.4. The lowest BCUT2D eigenvalue weighted by atomic mass is 10.0. The Labute approximate surface area is 148 Å². The summed E-state index contributed by atoms with van der Waals surface area (Å²) in [5, 5.41) is 9.04. The van der Waals surface area contributed by atoms with Gasteiger partial charge in [-0.15, -0.1) is 0 Å². The van der Waals surface area contributed by atoms with Crippen molar-refractivity contribution in [3.05, 3.63) is 34.3 Å². The second kappa shape index (κ2) is 8.58. The molecule has 2 saturated heterocycles. The molecule has 3 rings (SSSR count). The van der Waals surface area contributed by atoms with Crippen molar-refractivity contribution in [3.8, 4) is 0 Å². The summed E-state index contributed by atoms with van der Waals surface area (Å²) < 4.78 is 1.22. The van der Waals surface area contributed by atoms with Gasteiger partial charge < -0.3 is 5.11 Å². The van der Waals surface area contributed by atoms with Crippen molar-refractivity contribution < 1.29 is 5.11 Å². The Morgan fingerprint density at radius 2 is 1.65 bits per heavy atom. The van der Waals surface area contributed by atoms with Crippen LogP contribution in [0.25, 0.3) is 0 Å². The minimum absolute atomic E-state index is 0.285. The highest BCUT2D eigenvalue weighted by Gasteiger charge is 2.27. The van der Waals surface area contributed by atoms with Gasteiger partial charge in [-0.05, 0) is 37.6 Å². The Bertz CT molecular complexity index is 483. The highest BCUT2D eigenvalue weighted by molar-refractivity contribution is 9.10. The van der Waals surface area contributed by atoms with Gasteiger partial charge in [-0.25, -0.2) is 0 Å². The van der Waals surface area contributed by atoms with E-state index < -0.39 is 0 Å². The maximum atomic E-state index is 9.04. The zero-order valence-electron chi connectivity index (χ0n) is 13.8. The molecule has 0 atom stereocenters. The maximum absolute atomic E-state index is 9.04. The molecule has 0 aromatic heterocycles.